The molecule has 0 amide bonds. The number of hydrogen-bond donors (Lipinski definition) is 0. The second-order valence-corrected chi connectivity index (χ2v) is 10.8. The van der Waals surface area contributed by atoms with Gasteiger partial charge < -0.3 is 0 Å². The third-order valence-corrected chi connectivity index (χ3v) is 7.02. The molecule has 0 saturated heterocycles. The van der Waals surface area contributed by atoms with Gasteiger partial charge in [-0.15, -0.1) is 0 Å². The van der Waals surface area contributed by atoms with E-state index in [2.05, 4.69) is 176 Å². The fourth-order valence-corrected chi connectivity index (χ4v) is 4.57. The van der Waals surface area contributed by atoms with E-state index in [1.165, 1.54) is 50.1 Å². The molecule has 0 aliphatic rings. The predicted octanol–water partition coefficient (Wildman–Crippen LogP) is 11.7. The Morgan fingerprint density at radius 3 is 0.950 bits per heavy atom. The number of rotatable bonds is 3. The molecule has 0 aromatic heterocycles. The minimum Gasteiger partial charge on any atom is -0.0622 e. The van der Waals surface area contributed by atoms with Gasteiger partial charge in [0, 0.05) is 4.47 Å². The zero-order chi connectivity index (χ0) is 28.2. The lowest BCUT2D eigenvalue weighted by Gasteiger charge is -2.02. The topological polar surface area (TPSA) is 0 Å². The number of benzene rings is 6. The molecule has 0 radical (unpaired) electrons. The van der Waals surface area contributed by atoms with Crippen molar-refractivity contribution in [2.45, 2.75) is 20.8 Å². The third kappa shape index (κ3) is 8.93. The van der Waals surface area contributed by atoms with Gasteiger partial charge in [-0.25, -0.2) is 0 Å². The van der Waals surface area contributed by atoms with E-state index in [0.29, 0.717) is 0 Å². The second kappa shape index (κ2) is 14.8. The molecule has 0 aliphatic heterocycles. The van der Waals surface area contributed by atoms with Gasteiger partial charge in [0.2, 0.25) is 0 Å². The smallest absolute Gasteiger partial charge is 0.0181 e. The second-order valence-electron chi connectivity index (χ2n) is 9.84. The van der Waals surface area contributed by atoms with Gasteiger partial charge in [0.1, 0.15) is 0 Å². The molecule has 0 unspecified atom stereocenters. The zero-order valence-electron chi connectivity index (χ0n) is 23.4. The molecule has 6 rings (SSSR count). The Kier molecular flexibility index (Phi) is 10.7. The van der Waals surface area contributed by atoms with Gasteiger partial charge in [0.05, 0.1) is 0 Å². The van der Waals surface area contributed by atoms with E-state index in [1.807, 2.05) is 18.2 Å². The monoisotopic (exact) mass is 582 g/mol. The lowest BCUT2D eigenvalue weighted by molar-refractivity contribution is 1.47. The van der Waals surface area contributed by atoms with Crippen molar-refractivity contribution in [3.63, 3.8) is 0 Å². The third-order valence-electron chi connectivity index (χ3n) is 6.53. The Balaban J connectivity index is 0.000000139. The van der Waals surface area contributed by atoms with Crippen LogP contribution in [0.25, 0.3) is 33.4 Å². The van der Waals surface area contributed by atoms with Crippen LogP contribution in [0.1, 0.15) is 16.7 Å². The minimum absolute atomic E-state index is 1.12. The highest BCUT2D eigenvalue weighted by molar-refractivity contribution is 9.10. The number of halogens is 1. The quantitative estimate of drug-likeness (QED) is 0.194. The average Bonchev–Trinajstić information content (AvgIpc) is 3.00. The fourth-order valence-electron chi connectivity index (χ4n) is 4.17. The van der Waals surface area contributed by atoms with Gasteiger partial charge in [-0.2, -0.15) is 0 Å². The molecular formula is C39H35Br. The summed E-state index contributed by atoms with van der Waals surface area (Å²) in [5, 5.41) is 0. The molecule has 1 heteroatoms. The zero-order valence-corrected chi connectivity index (χ0v) is 25.0. The molecule has 0 nitrogen and oxygen atoms in total. The molecule has 0 saturated carbocycles. The van der Waals surface area contributed by atoms with Crippen LogP contribution in [0.2, 0.25) is 0 Å². The van der Waals surface area contributed by atoms with Crippen LogP contribution in [-0.2, 0) is 0 Å². The SMILES string of the molecule is Cc1ccc(-c2cccc(Br)c2)cc1.Cc1ccc(-c2ccccc2)cc1.Cc1ccc(-c2ccccc2)cc1. The van der Waals surface area contributed by atoms with Crippen molar-refractivity contribution in [3.05, 3.63) is 179 Å². The van der Waals surface area contributed by atoms with Crippen molar-refractivity contribution in [2.24, 2.45) is 0 Å². The highest BCUT2D eigenvalue weighted by Crippen LogP contribution is 2.23. The maximum Gasteiger partial charge on any atom is 0.0181 e. The van der Waals surface area contributed by atoms with Gasteiger partial charge in [-0.3, -0.25) is 0 Å². The molecule has 6 aromatic rings. The van der Waals surface area contributed by atoms with Crippen molar-refractivity contribution in [1.29, 1.82) is 0 Å². The van der Waals surface area contributed by atoms with Crippen LogP contribution in [0.5, 0.6) is 0 Å². The van der Waals surface area contributed by atoms with Crippen molar-refractivity contribution in [1.82, 2.24) is 0 Å². The van der Waals surface area contributed by atoms with E-state index in [0.717, 1.165) is 4.47 Å². The van der Waals surface area contributed by atoms with E-state index >= 15 is 0 Å². The van der Waals surface area contributed by atoms with Gasteiger partial charge in [0.25, 0.3) is 0 Å². The van der Waals surface area contributed by atoms with Crippen molar-refractivity contribution in [3.8, 4) is 33.4 Å². The highest BCUT2D eigenvalue weighted by Gasteiger charge is 1.97. The minimum atomic E-state index is 1.12. The van der Waals surface area contributed by atoms with E-state index in [9.17, 15) is 0 Å². The molecule has 40 heavy (non-hydrogen) atoms. The summed E-state index contributed by atoms with van der Waals surface area (Å²) >= 11 is 3.47. The Bertz CT molecular complexity index is 1490. The van der Waals surface area contributed by atoms with Crippen LogP contribution in [0.3, 0.4) is 0 Å². The molecule has 0 N–H and O–H groups in total. The molecule has 198 valence electrons. The average molecular weight is 584 g/mol. The first-order valence-electron chi connectivity index (χ1n) is 13.5. The van der Waals surface area contributed by atoms with Gasteiger partial charge in [-0.1, -0.05) is 178 Å². The maximum atomic E-state index is 3.47. The summed E-state index contributed by atoms with van der Waals surface area (Å²) in [6.07, 6.45) is 0. The summed E-state index contributed by atoms with van der Waals surface area (Å²) in [5.41, 5.74) is 11.5. The summed E-state index contributed by atoms with van der Waals surface area (Å²) in [7, 11) is 0. The molecule has 0 atom stereocenters. The van der Waals surface area contributed by atoms with Crippen molar-refractivity contribution >= 4 is 15.9 Å². The molecule has 0 fully saturated rings. The molecule has 0 aliphatic carbocycles. The van der Waals surface area contributed by atoms with Crippen LogP contribution < -0.4 is 0 Å². The van der Waals surface area contributed by atoms with Crippen LogP contribution in [-0.4, -0.2) is 0 Å². The predicted molar refractivity (Wildman–Crippen MR) is 178 cm³/mol. The fraction of sp³-hybridized carbons (Fsp3) is 0.0769. The van der Waals surface area contributed by atoms with Crippen molar-refractivity contribution < 1.29 is 0 Å². The summed E-state index contributed by atoms with van der Waals surface area (Å²) < 4.78 is 1.12. The van der Waals surface area contributed by atoms with E-state index in [4.69, 9.17) is 0 Å². The molecule has 0 heterocycles. The lowest BCUT2D eigenvalue weighted by atomic mass is 10.0. The van der Waals surface area contributed by atoms with Gasteiger partial charge in [-0.05, 0) is 66.3 Å². The maximum absolute atomic E-state index is 3.47. The summed E-state index contributed by atoms with van der Waals surface area (Å²) in [6.45, 7) is 6.31. The van der Waals surface area contributed by atoms with Crippen LogP contribution >= 0.6 is 15.9 Å². The lowest BCUT2D eigenvalue weighted by Crippen LogP contribution is -1.78. The first kappa shape index (κ1) is 28.8. The van der Waals surface area contributed by atoms with Crippen LogP contribution in [0.15, 0.2) is 162 Å². The standard InChI is InChI=1S/C13H11Br.2C13H12/c1-10-5-7-11(8-6-10)12-3-2-4-13(14)9-12;2*1-11-7-9-13(10-8-11)12-5-3-2-4-6-12/h2-9H,1H3;2*2-10H,1H3. The van der Waals surface area contributed by atoms with E-state index in [-0.39, 0.29) is 0 Å². The van der Waals surface area contributed by atoms with Crippen LogP contribution in [0.4, 0.5) is 0 Å². The Hall–Kier alpha value is -4.20. The molecule has 0 bridgehead atoms. The van der Waals surface area contributed by atoms with Crippen molar-refractivity contribution in [2.75, 3.05) is 0 Å². The first-order valence-corrected chi connectivity index (χ1v) is 14.3. The normalized spacial score (nSPS) is 10.0. The summed E-state index contributed by atoms with van der Waals surface area (Å²) in [5.74, 6) is 0. The molecular weight excluding hydrogens is 548 g/mol. The largest absolute Gasteiger partial charge is 0.0622 e. The summed E-state index contributed by atoms with van der Waals surface area (Å²) in [4.78, 5) is 0. The van der Waals surface area contributed by atoms with Gasteiger partial charge >= 0.3 is 0 Å². The Morgan fingerprint density at radius 1 is 0.300 bits per heavy atom. The van der Waals surface area contributed by atoms with Crippen LogP contribution in [0, 0.1) is 20.8 Å². The Labute approximate surface area is 248 Å². The number of aryl methyl sites for hydroxylation is 3. The Morgan fingerprint density at radius 2 is 0.600 bits per heavy atom. The van der Waals surface area contributed by atoms with E-state index in [1.54, 1.807) is 0 Å². The van der Waals surface area contributed by atoms with Gasteiger partial charge in [0.15, 0.2) is 0 Å². The molecule has 6 aromatic carbocycles. The summed E-state index contributed by atoms with van der Waals surface area (Å²) in [6, 6.07) is 55.0. The number of hydrogen-bond acceptors (Lipinski definition) is 0. The van der Waals surface area contributed by atoms with E-state index < -0.39 is 0 Å². The highest BCUT2D eigenvalue weighted by atomic mass is 79.9. The molecule has 0 spiro atoms. The first-order chi connectivity index (χ1) is 19.5.